The number of hydrogen-bond acceptors (Lipinski definition) is 5. The number of benzene rings is 1. The largest absolute Gasteiger partial charge is 0.452 e. The molecule has 0 aromatic heterocycles. The van der Waals surface area contributed by atoms with Gasteiger partial charge in [-0.15, -0.1) is 0 Å². The summed E-state index contributed by atoms with van der Waals surface area (Å²) in [4.78, 5) is 33.5. The summed E-state index contributed by atoms with van der Waals surface area (Å²) in [7, 11) is 0. The van der Waals surface area contributed by atoms with Crippen molar-refractivity contribution in [1.29, 1.82) is 0 Å². The fraction of sp³-hybridized carbons (Fsp3) is 0.250. The SMILES string of the molecule is C/C=C/C=C/C(=O)OCC(=O)Nc1cc(C)c(C)cc1[N+](=O)[O-]. The van der Waals surface area contributed by atoms with Crippen LogP contribution in [0.4, 0.5) is 11.4 Å². The average Bonchev–Trinajstić information content (AvgIpc) is 2.48. The van der Waals surface area contributed by atoms with Gasteiger partial charge in [-0.2, -0.15) is 0 Å². The molecule has 0 bridgehead atoms. The quantitative estimate of drug-likeness (QED) is 0.286. The number of nitro benzene ring substituents is 1. The number of hydrogen-bond donors (Lipinski definition) is 1. The summed E-state index contributed by atoms with van der Waals surface area (Å²) in [5, 5.41) is 13.4. The first-order valence-electron chi connectivity index (χ1n) is 6.86. The second kappa shape index (κ2) is 8.47. The van der Waals surface area contributed by atoms with E-state index in [0.717, 1.165) is 11.1 Å². The minimum absolute atomic E-state index is 0.0728. The van der Waals surface area contributed by atoms with Gasteiger partial charge in [0.2, 0.25) is 0 Å². The van der Waals surface area contributed by atoms with Crippen molar-refractivity contribution in [2.24, 2.45) is 0 Å². The van der Waals surface area contributed by atoms with Crippen molar-refractivity contribution < 1.29 is 19.2 Å². The summed E-state index contributed by atoms with van der Waals surface area (Å²) in [5.41, 5.74) is 1.41. The van der Waals surface area contributed by atoms with Crippen molar-refractivity contribution in [3.8, 4) is 0 Å². The van der Waals surface area contributed by atoms with E-state index < -0.39 is 23.4 Å². The predicted octanol–water partition coefficient (Wildman–Crippen LogP) is 2.83. The molecule has 0 heterocycles. The monoisotopic (exact) mass is 318 g/mol. The van der Waals surface area contributed by atoms with Crippen molar-refractivity contribution in [1.82, 2.24) is 0 Å². The Morgan fingerprint density at radius 3 is 2.52 bits per heavy atom. The summed E-state index contributed by atoms with van der Waals surface area (Å²) in [5.74, 6) is -1.32. The molecule has 7 nitrogen and oxygen atoms in total. The number of rotatable bonds is 6. The molecule has 7 heteroatoms. The number of nitrogens with one attached hydrogen (secondary N) is 1. The van der Waals surface area contributed by atoms with E-state index in [4.69, 9.17) is 4.74 Å². The molecule has 1 aromatic carbocycles. The number of esters is 1. The Morgan fingerprint density at radius 2 is 1.91 bits per heavy atom. The highest BCUT2D eigenvalue weighted by molar-refractivity contribution is 5.95. The molecule has 1 aromatic rings. The first-order chi connectivity index (χ1) is 10.8. The molecule has 0 aliphatic carbocycles. The minimum atomic E-state index is -0.673. The average molecular weight is 318 g/mol. The normalized spacial score (nSPS) is 10.9. The van der Waals surface area contributed by atoms with E-state index in [2.05, 4.69) is 5.32 Å². The van der Waals surface area contributed by atoms with Gasteiger partial charge in [-0.3, -0.25) is 14.9 Å². The van der Waals surface area contributed by atoms with Gasteiger partial charge >= 0.3 is 5.97 Å². The standard InChI is InChI=1S/C16H18N2O5/c1-4-5-6-7-16(20)23-10-15(19)17-13-8-11(2)12(3)9-14(13)18(21)22/h4-9H,10H2,1-3H3,(H,17,19)/b5-4+,7-6+. The molecule has 122 valence electrons. The fourth-order valence-corrected chi connectivity index (χ4v) is 1.67. The Kier molecular flexibility index (Phi) is 6.67. The Morgan fingerprint density at radius 1 is 1.26 bits per heavy atom. The lowest BCUT2D eigenvalue weighted by Crippen LogP contribution is -2.20. The highest BCUT2D eigenvalue weighted by atomic mass is 16.6. The lowest BCUT2D eigenvalue weighted by atomic mass is 10.1. The maximum atomic E-state index is 11.8. The maximum Gasteiger partial charge on any atom is 0.331 e. The summed E-state index contributed by atoms with van der Waals surface area (Å²) in [6, 6.07) is 2.90. The molecular weight excluding hydrogens is 300 g/mol. The second-order valence-electron chi connectivity index (χ2n) is 4.75. The van der Waals surface area contributed by atoms with Gasteiger partial charge in [-0.1, -0.05) is 18.2 Å². The third-order valence-electron chi connectivity index (χ3n) is 2.96. The van der Waals surface area contributed by atoms with Crippen molar-refractivity contribution in [3.63, 3.8) is 0 Å². The number of carbonyl (C=O) groups is 2. The van der Waals surface area contributed by atoms with E-state index in [0.29, 0.717) is 0 Å². The molecule has 0 aliphatic rings. The molecule has 0 saturated heterocycles. The first-order valence-corrected chi connectivity index (χ1v) is 6.86. The Balaban J connectivity index is 2.73. The van der Waals surface area contributed by atoms with Crippen LogP contribution in [0.25, 0.3) is 0 Å². The van der Waals surface area contributed by atoms with Gasteiger partial charge < -0.3 is 10.1 Å². The molecule has 23 heavy (non-hydrogen) atoms. The van der Waals surface area contributed by atoms with Crippen LogP contribution in [0, 0.1) is 24.0 Å². The summed E-state index contributed by atoms with van der Waals surface area (Å²) in [6.45, 7) is 4.79. The lowest BCUT2D eigenvalue weighted by molar-refractivity contribution is -0.384. The zero-order chi connectivity index (χ0) is 17.4. The molecular formula is C16H18N2O5. The molecule has 0 atom stereocenters. The van der Waals surface area contributed by atoms with E-state index in [9.17, 15) is 19.7 Å². The lowest BCUT2D eigenvalue weighted by Gasteiger charge is -2.08. The number of amides is 1. The maximum absolute atomic E-state index is 11.8. The van der Waals surface area contributed by atoms with Crippen LogP contribution >= 0.6 is 0 Å². The van der Waals surface area contributed by atoms with Crippen molar-refractivity contribution >= 4 is 23.3 Å². The zero-order valence-corrected chi connectivity index (χ0v) is 13.2. The van der Waals surface area contributed by atoms with Crippen LogP contribution in [0.15, 0.2) is 36.4 Å². The Labute approximate surface area is 133 Å². The van der Waals surface area contributed by atoms with Gasteiger partial charge in [-0.25, -0.2) is 4.79 Å². The van der Waals surface area contributed by atoms with Gasteiger partial charge in [0.1, 0.15) is 5.69 Å². The molecule has 0 spiro atoms. The number of nitrogens with zero attached hydrogens (tertiary/aromatic N) is 1. The van der Waals surface area contributed by atoms with E-state index in [1.165, 1.54) is 24.3 Å². The molecule has 0 fully saturated rings. The van der Waals surface area contributed by atoms with Crippen LogP contribution in [-0.2, 0) is 14.3 Å². The van der Waals surface area contributed by atoms with Crippen LogP contribution in [0.2, 0.25) is 0 Å². The van der Waals surface area contributed by atoms with Crippen molar-refractivity contribution in [2.75, 3.05) is 11.9 Å². The smallest absolute Gasteiger partial charge is 0.331 e. The predicted molar refractivity (Wildman–Crippen MR) is 86.1 cm³/mol. The van der Waals surface area contributed by atoms with E-state index in [1.54, 1.807) is 32.9 Å². The minimum Gasteiger partial charge on any atom is -0.452 e. The van der Waals surface area contributed by atoms with Crippen molar-refractivity contribution in [2.45, 2.75) is 20.8 Å². The van der Waals surface area contributed by atoms with Crippen LogP contribution in [-0.4, -0.2) is 23.4 Å². The fourth-order valence-electron chi connectivity index (χ4n) is 1.67. The number of nitro groups is 1. The molecule has 1 amide bonds. The number of allylic oxidation sites excluding steroid dienone is 3. The molecule has 1 N–H and O–H groups in total. The van der Waals surface area contributed by atoms with E-state index in [1.807, 2.05) is 0 Å². The second-order valence-corrected chi connectivity index (χ2v) is 4.75. The zero-order valence-electron chi connectivity index (χ0n) is 13.2. The van der Waals surface area contributed by atoms with Gasteiger partial charge in [-0.05, 0) is 38.0 Å². The van der Waals surface area contributed by atoms with Crippen molar-refractivity contribution in [3.05, 3.63) is 57.7 Å². The first kappa shape index (κ1) is 18.1. The third kappa shape index (κ3) is 5.74. The molecule has 0 unspecified atom stereocenters. The van der Waals surface area contributed by atoms with Crippen LogP contribution in [0.1, 0.15) is 18.1 Å². The highest BCUT2D eigenvalue weighted by Gasteiger charge is 2.18. The topological polar surface area (TPSA) is 98.5 Å². The van der Waals surface area contributed by atoms with Gasteiger partial charge in [0.05, 0.1) is 4.92 Å². The number of ether oxygens (including phenoxy) is 1. The molecule has 1 rings (SSSR count). The van der Waals surface area contributed by atoms with Gasteiger partial charge in [0.15, 0.2) is 6.61 Å². The van der Waals surface area contributed by atoms with Gasteiger partial charge in [0, 0.05) is 12.1 Å². The Bertz CT molecular complexity index is 677. The number of carbonyl (C=O) groups excluding carboxylic acids is 2. The molecule has 0 aliphatic heterocycles. The third-order valence-corrected chi connectivity index (χ3v) is 2.96. The summed E-state index contributed by atoms with van der Waals surface area (Å²) >= 11 is 0. The number of anilines is 1. The van der Waals surface area contributed by atoms with E-state index >= 15 is 0 Å². The molecule has 0 saturated carbocycles. The highest BCUT2D eigenvalue weighted by Crippen LogP contribution is 2.27. The summed E-state index contributed by atoms with van der Waals surface area (Å²) < 4.78 is 4.74. The van der Waals surface area contributed by atoms with Crippen LogP contribution in [0.3, 0.4) is 0 Å². The Hall–Kier alpha value is -2.96. The van der Waals surface area contributed by atoms with E-state index in [-0.39, 0.29) is 11.4 Å². The van der Waals surface area contributed by atoms with Crippen LogP contribution in [0.5, 0.6) is 0 Å². The number of aryl methyl sites for hydroxylation is 2. The molecule has 0 radical (unpaired) electrons. The van der Waals surface area contributed by atoms with Gasteiger partial charge in [0.25, 0.3) is 11.6 Å². The van der Waals surface area contributed by atoms with Crippen LogP contribution < -0.4 is 5.32 Å². The summed E-state index contributed by atoms with van der Waals surface area (Å²) in [6.07, 6.45) is 6.02.